The van der Waals surface area contributed by atoms with E-state index in [0.29, 0.717) is 0 Å². The summed E-state index contributed by atoms with van der Waals surface area (Å²) in [6, 6.07) is 6.43. The standard InChI is InChI=1S/C11H14N2S/c1-12-7-11-3-2-5-13(11)8-10-4-6-14-9-10/h2-6,9,12H,7-8H2,1H3. The zero-order valence-electron chi connectivity index (χ0n) is 8.23. The van der Waals surface area contributed by atoms with Gasteiger partial charge in [0.05, 0.1) is 0 Å². The van der Waals surface area contributed by atoms with Gasteiger partial charge in [0, 0.05) is 25.0 Å². The SMILES string of the molecule is CNCc1cccn1Cc1ccsc1. The molecule has 3 heteroatoms. The average Bonchev–Trinajstić information content (AvgIpc) is 2.80. The largest absolute Gasteiger partial charge is 0.346 e. The van der Waals surface area contributed by atoms with E-state index in [2.05, 4.69) is 45.0 Å². The van der Waals surface area contributed by atoms with E-state index in [1.807, 2.05) is 7.05 Å². The first-order chi connectivity index (χ1) is 6.90. The van der Waals surface area contributed by atoms with Crippen LogP contribution in [0.1, 0.15) is 11.3 Å². The van der Waals surface area contributed by atoms with Gasteiger partial charge in [-0.2, -0.15) is 11.3 Å². The van der Waals surface area contributed by atoms with Gasteiger partial charge >= 0.3 is 0 Å². The summed E-state index contributed by atoms with van der Waals surface area (Å²) < 4.78 is 2.28. The van der Waals surface area contributed by atoms with Gasteiger partial charge in [-0.05, 0) is 41.6 Å². The Labute approximate surface area is 88.2 Å². The van der Waals surface area contributed by atoms with Crippen LogP contribution in [0, 0.1) is 0 Å². The molecule has 74 valence electrons. The molecule has 0 amide bonds. The van der Waals surface area contributed by atoms with Gasteiger partial charge in [0.1, 0.15) is 0 Å². The third kappa shape index (κ3) is 2.05. The summed E-state index contributed by atoms with van der Waals surface area (Å²) in [5.41, 5.74) is 2.71. The fraction of sp³-hybridized carbons (Fsp3) is 0.273. The van der Waals surface area contributed by atoms with Crippen LogP contribution >= 0.6 is 11.3 Å². The lowest BCUT2D eigenvalue weighted by atomic mass is 10.3. The van der Waals surface area contributed by atoms with Crippen molar-refractivity contribution in [2.75, 3.05) is 7.05 Å². The quantitative estimate of drug-likeness (QED) is 0.812. The molecule has 14 heavy (non-hydrogen) atoms. The van der Waals surface area contributed by atoms with Crippen LogP contribution in [0.25, 0.3) is 0 Å². The second kappa shape index (κ2) is 4.44. The van der Waals surface area contributed by atoms with Crippen molar-refractivity contribution in [3.8, 4) is 0 Å². The molecule has 0 radical (unpaired) electrons. The summed E-state index contributed by atoms with van der Waals surface area (Å²) in [5, 5.41) is 7.49. The lowest BCUT2D eigenvalue weighted by Crippen LogP contribution is -2.11. The molecular weight excluding hydrogens is 192 g/mol. The molecule has 0 atom stereocenters. The number of nitrogens with zero attached hydrogens (tertiary/aromatic N) is 1. The summed E-state index contributed by atoms with van der Waals surface area (Å²) >= 11 is 1.75. The molecule has 0 spiro atoms. The van der Waals surface area contributed by atoms with E-state index in [1.54, 1.807) is 11.3 Å². The zero-order valence-corrected chi connectivity index (χ0v) is 9.05. The van der Waals surface area contributed by atoms with E-state index in [1.165, 1.54) is 11.3 Å². The highest BCUT2D eigenvalue weighted by molar-refractivity contribution is 7.07. The molecular formula is C11H14N2S. The minimum atomic E-state index is 0.928. The van der Waals surface area contributed by atoms with Gasteiger partial charge in [0.2, 0.25) is 0 Å². The Morgan fingerprint density at radius 1 is 1.43 bits per heavy atom. The van der Waals surface area contributed by atoms with E-state index in [-0.39, 0.29) is 0 Å². The molecule has 0 saturated carbocycles. The molecule has 1 N–H and O–H groups in total. The summed E-state index contributed by atoms with van der Waals surface area (Å²) in [7, 11) is 1.97. The zero-order chi connectivity index (χ0) is 9.80. The van der Waals surface area contributed by atoms with Crippen molar-refractivity contribution in [3.05, 3.63) is 46.4 Å². The molecule has 2 rings (SSSR count). The van der Waals surface area contributed by atoms with Crippen LogP contribution < -0.4 is 5.32 Å². The molecule has 0 aromatic carbocycles. The van der Waals surface area contributed by atoms with Crippen molar-refractivity contribution in [1.29, 1.82) is 0 Å². The first-order valence-corrected chi connectivity index (χ1v) is 5.64. The van der Waals surface area contributed by atoms with Crippen molar-refractivity contribution < 1.29 is 0 Å². The molecule has 0 aliphatic rings. The van der Waals surface area contributed by atoms with Crippen molar-refractivity contribution in [1.82, 2.24) is 9.88 Å². The maximum Gasteiger partial charge on any atom is 0.0481 e. The van der Waals surface area contributed by atoms with Crippen molar-refractivity contribution >= 4 is 11.3 Å². The van der Waals surface area contributed by atoms with Gasteiger partial charge in [0.25, 0.3) is 0 Å². The Morgan fingerprint density at radius 3 is 3.07 bits per heavy atom. The van der Waals surface area contributed by atoms with Gasteiger partial charge in [-0.15, -0.1) is 0 Å². The van der Waals surface area contributed by atoms with Crippen LogP contribution in [0.15, 0.2) is 35.2 Å². The Balaban J connectivity index is 2.12. The minimum absolute atomic E-state index is 0.928. The molecule has 0 aliphatic heterocycles. The van der Waals surface area contributed by atoms with Crippen LogP contribution in [0.4, 0.5) is 0 Å². The Kier molecular flexibility index (Phi) is 3.01. The smallest absolute Gasteiger partial charge is 0.0481 e. The van der Waals surface area contributed by atoms with Gasteiger partial charge in [0.15, 0.2) is 0 Å². The highest BCUT2D eigenvalue weighted by Crippen LogP contribution is 2.10. The monoisotopic (exact) mass is 206 g/mol. The number of rotatable bonds is 4. The molecule has 0 fully saturated rings. The van der Waals surface area contributed by atoms with Crippen LogP contribution in [-0.2, 0) is 13.1 Å². The number of hydrogen-bond acceptors (Lipinski definition) is 2. The molecule has 0 unspecified atom stereocenters. The number of hydrogen-bond donors (Lipinski definition) is 1. The van der Waals surface area contributed by atoms with Gasteiger partial charge in [-0.1, -0.05) is 0 Å². The van der Waals surface area contributed by atoms with E-state index >= 15 is 0 Å². The second-order valence-corrected chi connectivity index (χ2v) is 4.07. The maximum absolute atomic E-state index is 3.17. The summed E-state index contributed by atoms with van der Waals surface area (Å²) in [6.07, 6.45) is 2.13. The topological polar surface area (TPSA) is 17.0 Å². The van der Waals surface area contributed by atoms with E-state index in [4.69, 9.17) is 0 Å². The fourth-order valence-electron chi connectivity index (χ4n) is 1.52. The first kappa shape index (κ1) is 9.49. The summed E-state index contributed by atoms with van der Waals surface area (Å²) in [5.74, 6) is 0. The Bertz CT molecular complexity index is 376. The maximum atomic E-state index is 3.17. The van der Waals surface area contributed by atoms with E-state index in [9.17, 15) is 0 Å². The number of thiophene rings is 1. The first-order valence-electron chi connectivity index (χ1n) is 4.70. The normalized spacial score (nSPS) is 10.6. The highest BCUT2D eigenvalue weighted by Gasteiger charge is 2.00. The molecule has 0 bridgehead atoms. The lowest BCUT2D eigenvalue weighted by molar-refractivity contribution is 0.695. The molecule has 0 saturated heterocycles. The van der Waals surface area contributed by atoms with Crippen LogP contribution in [0.3, 0.4) is 0 Å². The molecule has 2 heterocycles. The third-order valence-electron chi connectivity index (χ3n) is 2.21. The molecule has 2 aromatic heterocycles. The van der Waals surface area contributed by atoms with Crippen LogP contribution in [0.5, 0.6) is 0 Å². The predicted octanol–water partition coefficient (Wildman–Crippen LogP) is 2.32. The van der Waals surface area contributed by atoms with E-state index in [0.717, 1.165) is 13.1 Å². The van der Waals surface area contributed by atoms with Gasteiger partial charge < -0.3 is 9.88 Å². The summed E-state index contributed by atoms with van der Waals surface area (Å²) in [6.45, 7) is 1.91. The van der Waals surface area contributed by atoms with Crippen LogP contribution in [-0.4, -0.2) is 11.6 Å². The van der Waals surface area contributed by atoms with Crippen LogP contribution in [0.2, 0.25) is 0 Å². The Morgan fingerprint density at radius 2 is 2.36 bits per heavy atom. The predicted molar refractivity (Wildman–Crippen MR) is 60.6 cm³/mol. The molecule has 0 aliphatic carbocycles. The highest BCUT2D eigenvalue weighted by atomic mass is 32.1. The summed E-state index contributed by atoms with van der Waals surface area (Å²) in [4.78, 5) is 0. The molecule has 2 nitrogen and oxygen atoms in total. The van der Waals surface area contributed by atoms with Crippen molar-refractivity contribution in [2.24, 2.45) is 0 Å². The van der Waals surface area contributed by atoms with Crippen molar-refractivity contribution in [3.63, 3.8) is 0 Å². The minimum Gasteiger partial charge on any atom is -0.346 e. The van der Waals surface area contributed by atoms with E-state index < -0.39 is 0 Å². The second-order valence-electron chi connectivity index (χ2n) is 3.29. The third-order valence-corrected chi connectivity index (χ3v) is 2.95. The van der Waals surface area contributed by atoms with Gasteiger partial charge in [-0.3, -0.25) is 0 Å². The number of nitrogens with one attached hydrogen (secondary N) is 1. The number of aromatic nitrogens is 1. The molecule has 2 aromatic rings. The average molecular weight is 206 g/mol. The fourth-order valence-corrected chi connectivity index (χ4v) is 2.18. The van der Waals surface area contributed by atoms with Crippen molar-refractivity contribution in [2.45, 2.75) is 13.1 Å². The lowest BCUT2D eigenvalue weighted by Gasteiger charge is -2.07. The van der Waals surface area contributed by atoms with Gasteiger partial charge in [-0.25, -0.2) is 0 Å². The Hall–Kier alpha value is -1.06.